The van der Waals surface area contributed by atoms with Gasteiger partial charge in [0, 0.05) is 30.0 Å². The van der Waals surface area contributed by atoms with Crippen molar-refractivity contribution in [2.45, 2.75) is 77.4 Å². The van der Waals surface area contributed by atoms with Gasteiger partial charge in [-0.2, -0.15) is 15.0 Å². The first-order valence-electron chi connectivity index (χ1n) is 13.6. The number of nitrogens with one attached hydrogen (secondary N) is 2. The third-order valence-electron chi connectivity index (χ3n) is 5.24. The van der Waals surface area contributed by atoms with Crippen LogP contribution in [0.4, 0.5) is 16.7 Å². The van der Waals surface area contributed by atoms with Crippen LogP contribution in [0.2, 0.25) is 5.15 Å². The molecule has 2 N–H and O–H groups in total. The summed E-state index contributed by atoms with van der Waals surface area (Å²) < 4.78 is 5.46. The molecule has 12 heteroatoms. The molecule has 2 heterocycles. The van der Waals surface area contributed by atoms with E-state index in [1.807, 2.05) is 43.5 Å². The largest absolute Gasteiger partial charge is 0.416 e. The van der Waals surface area contributed by atoms with Crippen molar-refractivity contribution >= 4 is 52.3 Å². The normalized spacial score (nSPS) is 10.6. The SMILES string of the molecule is CCCCCCCCSC(=O)Oc1cc(Cl)nnc1-c1ccccc1.CCNc1nc(NC(C)C)nc(SC)n1. The highest BCUT2D eigenvalue weighted by atomic mass is 35.5. The molecule has 40 heavy (non-hydrogen) atoms. The maximum Gasteiger partial charge on any atom is 0.372 e. The van der Waals surface area contributed by atoms with E-state index in [-0.39, 0.29) is 10.5 Å². The highest BCUT2D eigenvalue weighted by Gasteiger charge is 2.14. The van der Waals surface area contributed by atoms with E-state index in [2.05, 4.69) is 56.6 Å². The Morgan fingerprint density at radius 1 is 0.975 bits per heavy atom. The average Bonchev–Trinajstić information content (AvgIpc) is 2.93. The Balaban J connectivity index is 0.000000319. The molecule has 0 fully saturated rings. The molecular formula is C28H40ClN7O2S2. The molecule has 218 valence electrons. The van der Waals surface area contributed by atoms with Crippen LogP contribution in [0.3, 0.4) is 0 Å². The van der Waals surface area contributed by atoms with Gasteiger partial charge in [0.2, 0.25) is 11.9 Å². The molecule has 2 aromatic heterocycles. The van der Waals surface area contributed by atoms with E-state index >= 15 is 0 Å². The van der Waals surface area contributed by atoms with Crippen molar-refractivity contribution in [1.82, 2.24) is 25.1 Å². The summed E-state index contributed by atoms with van der Waals surface area (Å²) in [6.45, 7) is 9.12. The number of aromatic nitrogens is 5. The summed E-state index contributed by atoms with van der Waals surface area (Å²) in [4.78, 5) is 24.8. The van der Waals surface area contributed by atoms with Gasteiger partial charge in [-0.1, -0.05) is 92.7 Å². The fourth-order valence-electron chi connectivity index (χ4n) is 3.39. The summed E-state index contributed by atoms with van der Waals surface area (Å²) >= 11 is 8.60. The smallest absolute Gasteiger partial charge is 0.372 e. The molecule has 0 unspecified atom stereocenters. The van der Waals surface area contributed by atoms with E-state index in [9.17, 15) is 4.79 Å². The van der Waals surface area contributed by atoms with E-state index in [1.165, 1.54) is 55.3 Å². The number of carbonyl (C=O) groups is 1. The first-order chi connectivity index (χ1) is 19.4. The molecule has 9 nitrogen and oxygen atoms in total. The number of anilines is 2. The van der Waals surface area contributed by atoms with Gasteiger partial charge < -0.3 is 15.4 Å². The second-order valence-electron chi connectivity index (χ2n) is 9.01. The summed E-state index contributed by atoms with van der Waals surface area (Å²) in [7, 11) is 0. The molecule has 1 aromatic carbocycles. The fraction of sp³-hybridized carbons (Fsp3) is 0.500. The summed E-state index contributed by atoms with van der Waals surface area (Å²) in [5, 5.41) is 14.8. The standard InChI is InChI=1S/C19H23ClN2O2S.C9H17N5S/c1-2-3-4-5-6-10-13-25-19(23)24-16-14-17(20)21-22-18(16)15-11-8-7-9-12-15;1-5-10-7-12-8(11-6(2)3)14-9(13-7)15-4/h7-9,11-12,14H,2-6,10,13H2,1H3;6H,5H2,1-4H3,(H2,10,11,12,13,14). The van der Waals surface area contributed by atoms with Crippen molar-refractivity contribution in [3.63, 3.8) is 0 Å². The number of rotatable bonds is 14. The number of unbranched alkanes of at least 4 members (excludes halogenated alkanes) is 5. The number of halogens is 1. The van der Waals surface area contributed by atoms with Crippen molar-refractivity contribution < 1.29 is 9.53 Å². The van der Waals surface area contributed by atoms with Gasteiger partial charge in [0.15, 0.2) is 16.1 Å². The minimum Gasteiger partial charge on any atom is -0.416 e. The van der Waals surface area contributed by atoms with Crippen LogP contribution in [0.5, 0.6) is 5.75 Å². The van der Waals surface area contributed by atoms with Gasteiger partial charge in [0.05, 0.1) is 0 Å². The molecule has 0 aliphatic heterocycles. The lowest BCUT2D eigenvalue weighted by molar-refractivity contribution is 0.227. The van der Waals surface area contributed by atoms with E-state index in [4.69, 9.17) is 16.3 Å². The highest BCUT2D eigenvalue weighted by Crippen LogP contribution is 2.30. The maximum absolute atomic E-state index is 12.1. The van der Waals surface area contributed by atoms with Crippen LogP contribution >= 0.6 is 35.1 Å². The Kier molecular flexibility index (Phi) is 16.3. The topological polar surface area (TPSA) is 115 Å². The van der Waals surface area contributed by atoms with Crippen molar-refractivity contribution in [1.29, 1.82) is 0 Å². The molecule has 0 spiro atoms. The molecule has 0 bridgehead atoms. The minimum atomic E-state index is -0.338. The van der Waals surface area contributed by atoms with E-state index in [1.54, 1.807) is 0 Å². The van der Waals surface area contributed by atoms with Crippen molar-refractivity contribution in [2.24, 2.45) is 0 Å². The lowest BCUT2D eigenvalue weighted by Gasteiger charge is -2.10. The van der Waals surface area contributed by atoms with Gasteiger partial charge in [-0.25, -0.2) is 4.79 Å². The number of benzene rings is 1. The second-order valence-corrected chi connectivity index (χ2v) is 11.2. The first-order valence-corrected chi connectivity index (χ1v) is 16.2. The quantitative estimate of drug-likeness (QED) is 0.105. The lowest BCUT2D eigenvalue weighted by Crippen LogP contribution is -2.15. The molecule has 0 amide bonds. The van der Waals surface area contributed by atoms with Crippen molar-refractivity contribution in [3.8, 4) is 17.0 Å². The predicted octanol–water partition coefficient (Wildman–Crippen LogP) is 8.24. The molecule has 0 atom stereocenters. The van der Waals surface area contributed by atoms with E-state index < -0.39 is 0 Å². The molecule has 0 radical (unpaired) electrons. The summed E-state index contributed by atoms with van der Waals surface area (Å²) in [5.41, 5.74) is 1.34. The summed E-state index contributed by atoms with van der Waals surface area (Å²) in [6, 6.07) is 11.3. The highest BCUT2D eigenvalue weighted by molar-refractivity contribution is 8.13. The van der Waals surface area contributed by atoms with Crippen molar-refractivity contribution in [3.05, 3.63) is 41.6 Å². The van der Waals surface area contributed by atoms with Gasteiger partial charge in [-0.3, -0.25) is 0 Å². The number of hydrogen-bond acceptors (Lipinski definition) is 11. The second kappa shape index (κ2) is 19.4. The van der Waals surface area contributed by atoms with Gasteiger partial charge in [-0.05, 0) is 45.2 Å². The number of thioether (sulfide) groups is 2. The Labute approximate surface area is 251 Å². The summed E-state index contributed by atoms with van der Waals surface area (Å²) in [5.74, 6) is 2.35. The Hall–Kier alpha value is -2.63. The molecule has 0 saturated carbocycles. The molecule has 3 aromatic rings. The number of hydrogen-bond donors (Lipinski definition) is 2. The molecule has 0 saturated heterocycles. The van der Waals surface area contributed by atoms with E-state index in [0.717, 1.165) is 35.9 Å². The van der Waals surface area contributed by atoms with Gasteiger partial charge in [0.25, 0.3) is 0 Å². The maximum atomic E-state index is 12.1. The van der Waals surface area contributed by atoms with Crippen LogP contribution in [0.15, 0.2) is 41.6 Å². The Morgan fingerprint density at radius 3 is 2.35 bits per heavy atom. The Morgan fingerprint density at radius 2 is 1.68 bits per heavy atom. The fourth-order valence-corrected chi connectivity index (χ4v) is 4.55. The van der Waals surface area contributed by atoms with Gasteiger partial charge in [-0.15, -0.1) is 10.2 Å². The van der Waals surface area contributed by atoms with Gasteiger partial charge >= 0.3 is 5.30 Å². The van der Waals surface area contributed by atoms with Crippen LogP contribution in [0.25, 0.3) is 11.3 Å². The van der Waals surface area contributed by atoms with Gasteiger partial charge in [0.1, 0.15) is 5.69 Å². The van der Waals surface area contributed by atoms with Crippen LogP contribution in [-0.2, 0) is 0 Å². The third kappa shape index (κ3) is 13.1. The van der Waals surface area contributed by atoms with Crippen molar-refractivity contribution in [2.75, 3.05) is 29.2 Å². The van der Waals surface area contributed by atoms with Crippen LogP contribution in [0, 0.1) is 0 Å². The molecular weight excluding hydrogens is 566 g/mol. The molecule has 0 aliphatic carbocycles. The van der Waals surface area contributed by atoms with Crippen LogP contribution in [0.1, 0.15) is 66.2 Å². The zero-order chi connectivity index (χ0) is 29.2. The number of nitrogens with zero attached hydrogens (tertiary/aromatic N) is 5. The number of carbonyl (C=O) groups excluding carboxylic acids is 1. The van der Waals surface area contributed by atoms with Crippen LogP contribution in [-0.4, -0.2) is 55.0 Å². The zero-order valence-corrected chi connectivity index (χ0v) is 26.3. The lowest BCUT2D eigenvalue weighted by atomic mass is 10.1. The third-order valence-corrected chi connectivity index (χ3v) is 6.78. The predicted molar refractivity (Wildman–Crippen MR) is 169 cm³/mol. The first kappa shape index (κ1) is 33.6. The molecule has 0 aliphatic rings. The van der Waals surface area contributed by atoms with Crippen LogP contribution < -0.4 is 15.4 Å². The zero-order valence-electron chi connectivity index (χ0n) is 23.9. The molecule has 3 rings (SSSR count). The Bertz CT molecular complexity index is 1160. The monoisotopic (exact) mass is 605 g/mol. The van der Waals surface area contributed by atoms with E-state index in [0.29, 0.717) is 29.4 Å². The number of ether oxygens (including phenoxy) is 1. The minimum absolute atomic E-state index is 0.198. The summed E-state index contributed by atoms with van der Waals surface area (Å²) in [6.07, 6.45) is 9.14. The average molecular weight is 606 g/mol.